The molecule has 17 heavy (non-hydrogen) atoms. The van der Waals surface area contributed by atoms with Crippen LogP contribution in [-0.2, 0) is 18.3 Å². The molecule has 0 aliphatic heterocycles. The molecule has 92 valence electrons. The Kier molecular flexibility index (Phi) is 3.84. The van der Waals surface area contributed by atoms with Gasteiger partial charge in [0.1, 0.15) is 5.69 Å². The van der Waals surface area contributed by atoms with Crippen LogP contribution in [0.3, 0.4) is 0 Å². The fourth-order valence-corrected chi connectivity index (χ4v) is 1.34. The largest absolute Gasteiger partial charge is 0.438 e. The van der Waals surface area contributed by atoms with Gasteiger partial charge in [-0.1, -0.05) is 0 Å². The van der Waals surface area contributed by atoms with Crippen molar-refractivity contribution in [2.24, 2.45) is 7.05 Å². The molecule has 0 aliphatic carbocycles. The average molecular weight is 237 g/mol. The van der Waals surface area contributed by atoms with Crippen molar-refractivity contribution in [1.82, 2.24) is 25.3 Å². The molecule has 0 radical (unpaired) electrons. The number of methoxy groups -OCH3 is 1. The van der Waals surface area contributed by atoms with Gasteiger partial charge >= 0.3 is 0 Å². The van der Waals surface area contributed by atoms with Gasteiger partial charge in [0.05, 0.1) is 25.5 Å². The number of nitrogens with zero attached hydrogens (tertiary/aromatic N) is 4. The molecule has 0 aromatic carbocycles. The third-order valence-electron chi connectivity index (χ3n) is 2.16. The maximum atomic E-state index is 5.53. The van der Waals surface area contributed by atoms with Crippen LogP contribution in [0, 0.1) is 0 Å². The average Bonchev–Trinajstić information content (AvgIpc) is 2.93. The van der Waals surface area contributed by atoms with Gasteiger partial charge in [0.25, 0.3) is 0 Å². The van der Waals surface area contributed by atoms with Crippen molar-refractivity contribution in [2.75, 3.05) is 20.3 Å². The minimum atomic E-state index is 0.573. The highest BCUT2D eigenvalue weighted by molar-refractivity contribution is 5.47. The van der Waals surface area contributed by atoms with Gasteiger partial charge in [0.2, 0.25) is 5.89 Å². The van der Waals surface area contributed by atoms with Crippen LogP contribution in [0.1, 0.15) is 5.89 Å². The third kappa shape index (κ3) is 3.11. The number of rotatable bonds is 6. The minimum Gasteiger partial charge on any atom is -0.438 e. The molecule has 0 spiro atoms. The zero-order valence-electron chi connectivity index (χ0n) is 9.88. The molecule has 0 unspecified atom stereocenters. The lowest BCUT2D eigenvalue weighted by Crippen LogP contribution is -2.18. The summed E-state index contributed by atoms with van der Waals surface area (Å²) in [6, 6.07) is 0. The van der Waals surface area contributed by atoms with Crippen LogP contribution in [-0.4, -0.2) is 40.2 Å². The number of oxazole rings is 1. The van der Waals surface area contributed by atoms with Crippen LogP contribution in [0.4, 0.5) is 0 Å². The number of nitrogens with one attached hydrogen (secondary N) is 1. The Hall–Kier alpha value is -1.73. The first-order chi connectivity index (χ1) is 8.29. The van der Waals surface area contributed by atoms with E-state index in [1.165, 1.54) is 4.80 Å². The molecule has 0 fully saturated rings. The van der Waals surface area contributed by atoms with Crippen LogP contribution < -0.4 is 5.32 Å². The Balaban J connectivity index is 1.92. The fraction of sp³-hybridized carbons (Fsp3) is 0.500. The van der Waals surface area contributed by atoms with E-state index < -0.39 is 0 Å². The quantitative estimate of drug-likeness (QED) is 0.723. The van der Waals surface area contributed by atoms with Crippen molar-refractivity contribution in [3.8, 4) is 11.5 Å². The standard InChI is InChI=1S/C10H15N5O2/c1-15-13-5-8(14-15)9-6-12-10(17-9)7-11-3-4-16-2/h5-6,11H,3-4,7H2,1-2H3. The van der Waals surface area contributed by atoms with Crippen molar-refractivity contribution in [2.45, 2.75) is 6.54 Å². The van der Waals surface area contributed by atoms with Crippen LogP contribution in [0.15, 0.2) is 16.8 Å². The molecular formula is C10H15N5O2. The summed E-state index contributed by atoms with van der Waals surface area (Å²) in [4.78, 5) is 5.63. The number of ether oxygens (including phenoxy) is 1. The highest BCUT2D eigenvalue weighted by Gasteiger charge is 2.08. The summed E-state index contributed by atoms with van der Waals surface area (Å²) in [5.74, 6) is 1.25. The van der Waals surface area contributed by atoms with Crippen LogP contribution in [0.2, 0.25) is 0 Å². The first-order valence-corrected chi connectivity index (χ1v) is 5.30. The lowest BCUT2D eigenvalue weighted by atomic mass is 10.4. The number of hydrogen-bond acceptors (Lipinski definition) is 6. The second-order valence-corrected chi connectivity index (χ2v) is 3.51. The van der Waals surface area contributed by atoms with E-state index in [0.717, 1.165) is 6.54 Å². The van der Waals surface area contributed by atoms with E-state index in [2.05, 4.69) is 20.5 Å². The maximum absolute atomic E-state index is 5.53. The Labute approximate surface area is 98.8 Å². The first-order valence-electron chi connectivity index (χ1n) is 5.30. The number of aryl methyl sites for hydroxylation is 1. The Bertz CT molecular complexity index is 465. The molecule has 1 N–H and O–H groups in total. The summed E-state index contributed by atoms with van der Waals surface area (Å²) in [7, 11) is 3.42. The zero-order chi connectivity index (χ0) is 12.1. The molecule has 2 rings (SSSR count). The summed E-state index contributed by atoms with van der Waals surface area (Å²) in [5.41, 5.74) is 0.683. The Morgan fingerprint density at radius 1 is 1.47 bits per heavy atom. The second-order valence-electron chi connectivity index (χ2n) is 3.51. The molecule has 0 amide bonds. The molecule has 0 saturated carbocycles. The maximum Gasteiger partial charge on any atom is 0.208 e. The van der Waals surface area contributed by atoms with Crippen molar-refractivity contribution in [1.29, 1.82) is 0 Å². The minimum absolute atomic E-state index is 0.573. The van der Waals surface area contributed by atoms with E-state index in [0.29, 0.717) is 30.5 Å². The smallest absolute Gasteiger partial charge is 0.208 e. The van der Waals surface area contributed by atoms with E-state index in [-0.39, 0.29) is 0 Å². The van der Waals surface area contributed by atoms with Gasteiger partial charge in [-0.2, -0.15) is 15.0 Å². The van der Waals surface area contributed by atoms with E-state index in [1.54, 1.807) is 26.6 Å². The van der Waals surface area contributed by atoms with Gasteiger partial charge in [0, 0.05) is 20.7 Å². The summed E-state index contributed by atoms with van der Waals surface area (Å²) in [5, 5.41) is 11.3. The van der Waals surface area contributed by atoms with Gasteiger partial charge in [-0.15, -0.1) is 0 Å². The topological polar surface area (TPSA) is 78.0 Å². The van der Waals surface area contributed by atoms with Crippen molar-refractivity contribution in [3.63, 3.8) is 0 Å². The van der Waals surface area contributed by atoms with Gasteiger partial charge in [0.15, 0.2) is 5.76 Å². The summed E-state index contributed by atoms with van der Waals surface area (Å²) < 4.78 is 10.5. The van der Waals surface area contributed by atoms with E-state index in [4.69, 9.17) is 9.15 Å². The predicted octanol–water partition coefficient (Wildman–Crippen LogP) is 0.206. The van der Waals surface area contributed by atoms with Gasteiger partial charge in [-0.3, -0.25) is 0 Å². The molecule has 0 atom stereocenters. The highest BCUT2D eigenvalue weighted by Crippen LogP contribution is 2.16. The summed E-state index contributed by atoms with van der Waals surface area (Å²) in [6.07, 6.45) is 3.29. The van der Waals surface area contributed by atoms with E-state index >= 15 is 0 Å². The van der Waals surface area contributed by atoms with Gasteiger partial charge in [-0.25, -0.2) is 4.98 Å². The summed E-state index contributed by atoms with van der Waals surface area (Å²) >= 11 is 0. The lowest BCUT2D eigenvalue weighted by Gasteiger charge is -1.99. The Morgan fingerprint density at radius 2 is 2.35 bits per heavy atom. The van der Waals surface area contributed by atoms with E-state index in [9.17, 15) is 0 Å². The number of hydrogen-bond donors (Lipinski definition) is 1. The van der Waals surface area contributed by atoms with Crippen LogP contribution in [0.25, 0.3) is 11.5 Å². The fourth-order valence-electron chi connectivity index (χ4n) is 1.34. The van der Waals surface area contributed by atoms with Crippen molar-refractivity contribution >= 4 is 0 Å². The van der Waals surface area contributed by atoms with Crippen LogP contribution in [0.5, 0.6) is 0 Å². The molecule has 2 heterocycles. The summed E-state index contributed by atoms with van der Waals surface area (Å²) in [6.45, 7) is 2.00. The van der Waals surface area contributed by atoms with Crippen molar-refractivity contribution in [3.05, 3.63) is 18.3 Å². The SMILES string of the molecule is COCCNCc1ncc(-c2cnn(C)n2)o1. The van der Waals surface area contributed by atoms with Gasteiger partial charge in [-0.05, 0) is 0 Å². The normalized spacial score (nSPS) is 10.9. The molecule has 7 heteroatoms. The third-order valence-corrected chi connectivity index (χ3v) is 2.16. The van der Waals surface area contributed by atoms with Crippen molar-refractivity contribution < 1.29 is 9.15 Å². The molecule has 7 nitrogen and oxygen atoms in total. The molecule has 0 aliphatic rings. The van der Waals surface area contributed by atoms with Crippen LogP contribution >= 0.6 is 0 Å². The molecule has 0 bridgehead atoms. The zero-order valence-corrected chi connectivity index (χ0v) is 9.88. The van der Waals surface area contributed by atoms with E-state index in [1.807, 2.05) is 0 Å². The van der Waals surface area contributed by atoms with Gasteiger partial charge < -0.3 is 14.5 Å². The molecule has 2 aromatic heterocycles. The molecule has 0 saturated heterocycles. The highest BCUT2D eigenvalue weighted by atomic mass is 16.5. The molecular weight excluding hydrogens is 222 g/mol. The lowest BCUT2D eigenvalue weighted by molar-refractivity contribution is 0.198. The predicted molar refractivity (Wildman–Crippen MR) is 60.1 cm³/mol. The first kappa shape index (κ1) is 11.7. The molecule has 2 aromatic rings. The number of aromatic nitrogens is 4. The monoisotopic (exact) mass is 237 g/mol. The Morgan fingerprint density at radius 3 is 3.06 bits per heavy atom. The second kappa shape index (κ2) is 5.55.